The molecule has 0 aliphatic heterocycles. The molecule has 0 aliphatic carbocycles. The van der Waals surface area contributed by atoms with E-state index in [2.05, 4.69) is 31.3 Å². The molecule has 3 atom stereocenters. The maximum atomic E-state index is 12.5. The van der Waals surface area contributed by atoms with Crippen LogP contribution in [-0.4, -0.2) is 46.1 Å². The van der Waals surface area contributed by atoms with Crippen molar-refractivity contribution in [2.75, 3.05) is 6.61 Å². The zero-order valence-electron chi connectivity index (χ0n) is 33.1. The summed E-state index contributed by atoms with van der Waals surface area (Å²) in [4.78, 5) is 12.5. The number of nitrogens with one attached hydrogen (secondary N) is 1. The third kappa shape index (κ3) is 35.3. The molecular formula is C44H87NO4. The Morgan fingerprint density at radius 1 is 0.469 bits per heavy atom. The Bertz CT molecular complexity index is 684. The molecular weight excluding hydrogens is 606 g/mol. The van der Waals surface area contributed by atoms with Gasteiger partial charge in [-0.2, -0.15) is 0 Å². The van der Waals surface area contributed by atoms with Gasteiger partial charge in [0.15, 0.2) is 0 Å². The van der Waals surface area contributed by atoms with Crippen molar-refractivity contribution in [2.24, 2.45) is 0 Å². The van der Waals surface area contributed by atoms with Gasteiger partial charge in [-0.1, -0.05) is 212 Å². The second-order valence-electron chi connectivity index (χ2n) is 15.3. The van der Waals surface area contributed by atoms with Gasteiger partial charge in [-0.15, -0.1) is 0 Å². The molecule has 0 aromatic heterocycles. The van der Waals surface area contributed by atoms with Crippen molar-refractivity contribution in [1.82, 2.24) is 5.32 Å². The SMILES string of the molecule is CCCCCCCCCC/C=C\CCCCCCCCC(O)C(=O)NC(CO)C(O)CCCCCCCCCCCCCCCCCCC. The molecule has 0 radical (unpaired) electrons. The highest BCUT2D eigenvalue weighted by Gasteiger charge is 2.23. The summed E-state index contributed by atoms with van der Waals surface area (Å²) in [6.07, 6.45) is 46.3. The van der Waals surface area contributed by atoms with Crippen molar-refractivity contribution in [1.29, 1.82) is 0 Å². The number of allylic oxidation sites excluding steroid dienone is 2. The number of amides is 1. The molecule has 5 heteroatoms. The van der Waals surface area contributed by atoms with Crippen LogP contribution >= 0.6 is 0 Å². The maximum Gasteiger partial charge on any atom is 0.249 e. The Labute approximate surface area is 306 Å². The predicted octanol–water partition coefficient (Wildman–Crippen LogP) is 12.4. The van der Waals surface area contributed by atoms with Crippen molar-refractivity contribution < 1.29 is 20.1 Å². The van der Waals surface area contributed by atoms with Gasteiger partial charge in [0, 0.05) is 0 Å². The average molecular weight is 694 g/mol. The average Bonchev–Trinajstić information content (AvgIpc) is 3.11. The first-order valence-corrected chi connectivity index (χ1v) is 22.0. The minimum absolute atomic E-state index is 0.313. The summed E-state index contributed by atoms with van der Waals surface area (Å²) in [6.45, 7) is 4.24. The van der Waals surface area contributed by atoms with Crippen molar-refractivity contribution in [2.45, 2.75) is 257 Å². The molecule has 0 saturated heterocycles. The molecule has 0 rings (SSSR count). The smallest absolute Gasteiger partial charge is 0.249 e. The molecule has 292 valence electrons. The highest BCUT2D eigenvalue weighted by Crippen LogP contribution is 2.16. The van der Waals surface area contributed by atoms with Crippen LogP contribution in [0.3, 0.4) is 0 Å². The van der Waals surface area contributed by atoms with Gasteiger partial charge < -0.3 is 20.6 Å². The first kappa shape index (κ1) is 48.1. The number of rotatable bonds is 40. The number of aliphatic hydroxyl groups is 3. The fraction of sp³-hybridized carbons (Fsp3) is 0.932. The Morgan fingerprint density at radius 2 is 0.776 bits per heavy atom. The molecule has 0 aromatic carbocycles. The molecule has 1 amide bonds. The highest BCUT2D eigenvalue weighted by atomic mass is 16.3. The Balaban J connectivity index is 3.62. The first-order chi connectivity index (χ1) is 24.1. The van der Waals surface area contributed by atoms with Crippen molar-refractivity contribution in [3.8, 4) is 0 Å². The van der Waals surface area contributed by atoms with Gasteiger partial charge in [0.25, 0.3) is 0 Å². The quantitative estimate of drug-likeness (QED) is 0.0380. The molecule has 49 heavy (non-hydrogen) atoms. The summed E-state index contributed by atoms with van der Waals surface area (Å²) < 4.78 is 0. The zero-order chi connectivity index (χ0) is 35.9. The standard InChI is InChI=1S/C44H87NO4/c1-3-5-7-9-11-13-15-17-19-21-23-25-27-29-31-33-35-37-39-43(48)44(49)45-41(40-46)42(47)38-36-34-32-30-28-26-24-22-20-18-16-14-12-10-8-6-4-2/h21,23,41-43,46-48H,3-20,22,24-40H2,1-2H3,(H,45,49)/b23-21-. The van der Waals surface area contributed by atoms with Crippen LogP contribution in [0, 0.1) is 0 Å². The molecule has 5 nitrogen and oxygen atoms in total. The summed E-state index contributed by atoms with van der Waals surface area (Å²) in [5, 5.41) is 33.3. The minimum atomic E-state index is -1.08. The van der Waals surface area contributed by atoms with Crippen LogP contribution in [0.1, 0.15) is 239 Å². The van der Waals surface area contributed by atoms with Gasteiger partial charge in [-0.3, -0.25) is 4.79 Å². The van der Waals surface area contributed by atoms with E-state index in [1.807, 2.05) is 0 Å². The van der Waals surface area contributed by atoms with E-state index in [1.165, 1.54) is 180 Å². The van der Waals surface area contributed by atoms with Crippen LogP contribution in [0.25, 0.3) is 0 Å². The molecule has 3 unspecified atom stereocenters. The van der Waals surface area contributed by atoms with Gasteiger partial charge >= 0.3 is 0 Å². The van der Waals surface area contributed by atoms with E-state index in [9.17, 15) is 20.1 Å². The number of hydrogen-bond acceptors (Lipinski definition) is 4. The summed E-state index contributed by atoms with van der Waals surface area (Å²) in [5.74, 6) is -0.473. The van der Waals surface area contributed by atoms with E-state index < -0.39 is 24.2 Å². The van der Waals surface area contributed by atoms with Gasteiger partial charge in [0.2, 0.25) is 5.91 Å². The minimum Gasteiger partial charge on any atom is -0.394 e. The number of carbonyl (C=O) groups is 1. The van der Waals surface area contributed by atoms with E-state index >= 15 is 0 Å². The largest absolute Gasteiger partial charge is 0.394 e. The maximum absolute atomic E-state index is 12.5. The molecule has 0 saturated carbocycles. The van der Waals surface area contributed by atoms with Crippen LogP contribution in [0.2, 0.25) is 0 Å². The summed E-state index contributed by atoms with van der Waals surface area (Å²) >= 11 is 0. The van der Waals surface area contributed by atoms with Gasteiger partial charge in [-0.25, -0.2) is 0 Å². The third-order valence-corrected chi connectivity index (χ3v) is 10.4. The Hall–Kier alpha value is -0.910. The van der Waals surface area contributed by atoms with Gasteiger partial charge in [-0.05, 0) is 38.5 Å². The van der Waals surface area contributed by atoms with Crippen LogP contribution in [0.15, 0.2) is 12.2 Å². The van der Waals surface area contributed by atoms with E-state index in [0.29, 0.717) is 12.8 Å². The highest BCUT2D eigenvalue weighted by molar-refractivity contribution is 5.80. The number of carbonyl (C=O) groups excluding carboxylic acids is 1. The van der Waals surface area contributed by atoms with Crippen LogP contribution in [-0.2, 0) is 4.79 Å². The van der Waals surface area contributed by atoms with Crippen molar-refractivity contribution >= 4 is 5.91 Å². The summed E-state index contributed by atoms with van der Waals surface area (Å²) in [5.41, 5.74) is 0. The normalized spacial score (nSPS) is 13.7. The lowest BCUT2D eigenvalue weighted by Crippen LogP contribution is -2.49. The van der Waals surface area contributed by atoms with Crippen molar-refractivity contribution in [3.05, 3.63) is 12.2 Å². The van der Waals surface area contributed by atoms with E-state index in [0.717, 1.165) is 32.1 Å². The van der Waals surface area contributed by atoms with Crippen LogP contribution in [0.4, 0.5) is 0 Å². The number of hydrogen-bond donors (Lipinski definition) is 4. The molecule has 0 spiro atoms. The first-order valence-electron chi connectivity index (χ1n) is 22.0. The zero-order valence-corrected chi connectivity index (χ0v) is 33.1. The van der Waals surface area contributed by atoms with Crippen LogP contribution in [0.5, 0.6) is 0 Å². The summed E-state index contributed by atoms with van der Waals surface area (Å²) in [6, 6.07) is -0.711. The second kappa shape index (κ2) is 39.9. The second-order valence-corrected chi connectivity index (χ2v) is 15.3. The van der Waals surface area contributed by atoms with E-state index in [1.54, 1.807) is 0 Å². The monoisotopic (exact) mass is 694 g/mol. The topological polar surface area (TPSA) is 89.8 Å². The fourth-order valence-corrected chi connectivity index (χ4v) is 6.89. The Morgan fingerprint density at radius 3 is 1.12 bits per heavy atom. The summed E-state index contributed by atoms with van der Waals surface area (Å²) in [7, 11) is 0. The lowest BCUT2D eigenvalue weighted by atomic mass is 10.0. The van der Waals surface area contributed by atoms with Gasteiger partial charge in [0.05, 0.1) is 18.8 Å². The number of aliphatic hydroxyl groups excluding tert-OH is 3. The molecule has 0 heterocycles. The molecule has 0 aliphatic rings. The fourth-order valence-electron chi connectivity index (χ4n) is 6.89. The van der Waals surface area contributed by atoms with Crippen LogP contribution < -0.4 is 5.32 Å². The van der Waals surface area contributed by atoms with E-state index in [4.69, 9.17) is 0 Å². The van der Waals surface area contributed by atoms with Gasteiger partial charge in [0.1, 0.15) is 6.10 Å². The molecule has 0 fully saturated rings. The Kier molecular flexibility index (Phi) is 39.1. The number of unbranched alkanes of at least 4 members (excludes halogenated alkanes) is 30. The third-order valence-electron chi connectivity index (χ3n) is 10.4. The van der Waals surface area contributed by atoms with E-state index in [-0.39, 0.29) is 6.61 Å². The van der Waals surface area contributed by atoms with Crippen molar-refractivity contribution in [3.63, 3.8) is 0 Å². The lowest BCUT2D eigenvalue weighted by Gasteiger charge is -2.23. The molecule has 4 N–H and O–H groups in total. The molecule has 0 aromatic rings. The molecule has 0 bridgehead atoms. The predicted molar refractivity (Wildman–Crippen MR) is 213 cm³/mol. The lowest BCUT2D eigenvalue weighted by molar-refractivity contribution is -0.131.